The Morgan fingerprint density at radius 2 is 1.86 bits per heavy atom. The fraction of sp³-hybridized carbons (Fsp3) is 0.500. The molecule has 0 aliphatic carbocycles. The van der Waals surface area contributed by atoms with Crippen LogP contribution in [0.25, 0.3) is 11.3 Å². The molecule has 4 heterocycles. The summed E-state index contributed by atoms with van der Waals surface area (Å²) in [6, 6.07) is 10.2. The first kappa shape index (κ1) is 18.4. The van der Waals surface area contributed by atoms with Crippen LogP contribution in [0.15, 0.2) is 42.7 Å². The van der Waals surface area contributed by atoms with Gasteiger partial charge in [-0.3, -0.25) is 4.98 Å². The lowest BCUT2D eigenvalue weighted by molar-refractivity contribution is 0.109. The Labute approximate surface area is 171 Å². The predicted octanol–water partition coefficient (Wildman–Crippen LogP) is 2.40. The molecule has 3 aliphatic heterocycles. The van der Waals surface area contributed by atoms with E-state index in [4.69, 9.17) is 4.74 Å². The highest BCUT2D eigenvalue weighted by Gasteiger charge is 2.42. The van der Waals surface area contributed by atoms with Gasteiger partial charge in [-0.25, -0.2) is 9.78 Å². The van der Waals surface area contributed by atoms with Gasteiger partial charge in [0.25, 0.3) is 0 Å². The highest BCUT2D eigenvalue weighted by molar-refractivity contribution is 5.74. The normalized spacial score (nSPS) is 26.0. The molecule has 1 aromatic carbocycles. The number of amides is 2. The predicted molar refractivity (Wildman–Crippen MR) is 111 cm³/mol. The van der Waals surface area contributed by atoms with Crippen molar-refractivity contribution in [1.82, 2.24) is 20.2 Å². The van der Waals surface area contributed by atoms with Gasteiger partial charge in [-0.1, -0.05) is 30.3 Å². The van der Waals surface area contributed by atoms with E-state index in [0.717, 1.165) is 62.7 Å². The molecule has 1 aromatic heterocycles. The number of hydrogen-bond acceptors (Lipinski definition) is 5. The minimum absolute atomic E-state index is 0.0495. The highest BCUT2D eigenvalue weighted by Crippen LogP contribution is 2.33. The van der Waals surface area contributed by atoms with E-state index in [0.29, 0.717) is 18.4 Å². The molecule has 3 aliphatic rings. The summed E-state index contributed by atoms with van der Waals surface area (Å²) in [4.78, 5) is 26.0. The van der Waals surface area contributed by atoms with E-state index in [1.807, 2.05) is 47.6 Å². The zero-order valence-corrected chi connectivity index (χ0v) is 16.5. The van der Waals surface area contributed by atoms with Crippen molar-refractivity contribution in [3.63, 3.8) is 0 Å². The molecule has 0 radical (unpaired) electrons. The second-order valence-corrected chi connectivity index (χ2v) is 8.28. The molecule has 0 spiro atoms. The molecule has 3 saturated heterocycles. The molecule has 2 amide bonds. The molecule has 152 valence electrons. The maximum atomic E-state index is 12.5. The average Bonchev–Trinajstić information content (AvgIpc) is 3.49. The zero-order valence-electron chi connectivity index (χ0n) is 16.5. The zero-order chi connectivity index (χ0) is 19.6. The van der Waals surface area contributed by atoms with Gasteiger partial charge in [-0.2, -0.15) is 0 Å². The topological polar surface area (TPSA) is 70.6 Å². The monoisotopic (exact) mass is 393 g/mol. The average molecular weight is 393 g/mol. The number of anilines is 1. The van der Waals surface area contributed by atoms with E-state index in [1.165, 1.54) is 0 Å². The fourth-order valence-electron chi connectivity index (χ4n) is 4.71. The number of likely N-dealkylation sites (tertiary alicyclic amines) is 1. The minimum atomic E-state index is 0.0495. The minimum Gasteiger partial charge on any atom is -0.376 e. The number of nitrogens with zero attached hydrogens (tertiary/aromatic N) is 4. The third-order valence-electron chi connectivity index (χ3n) is 6.31. The molecule has 7 nitrogen and oxygen atoms in total. The molecule has 1 N–H and O–H groups in total. The molecule has 29 heavy (non-hydrogen) atoms. The Hall–Kier alpha value is -2.67. The van der Waals surface area contributed by atoms with Gasteiger partial charge < -0.3 is 19.9 Å². The fourth-order valence-corrected chi connectivity index (χ4v) is 4.71. The summed E-state index contributed by atoms with van der Waals surface area (Å²) in [6.45, 7) is 4.93. The van der Waals surface area contributed by atoms with Crippen LogP contribution in [0.1, 0.15) is 12.8 Å². The quantitative estimate of drug-likeness (QED) is 0.864. The molecule has 3 unspecified atom stereocenters. The Morgan fingerprint density at radius 3 is 2.52 bits per heavy atom. The van der Waals surface area contributed by atoms with Gasteiger partial charge in [0.2, 0.25) is 0 Å². The first-order valence-corrected chi connectivity index (χ1v) is 10.5. The number of rotatable bonds is 4. The third-order valence-corrected chi connectivity index (χ3v) is 6.31. The van der Waals surface area contributed by atoms with Crippen molar-refractivity contribution in [1.29, 1.82) is 0 Å². The number of urea groups is 1. The number of nitrogens with one attached hydrogen (secondary N) is 1. The van der Waals surface area contributed by atoms with Crippen LogP contribution in [0.2, 0.25) is 0 Å². The molecule has 5 rings (SSSR count). The summed E-state index contributed by atoms with van der Waals surface area (Å²) < 4.78 is 5.59. The standard InChI is InChI=1S/C22H27N5O2/c28-22(25-9-19-7-4-8-29-19)27-14-17-12-26(13-18(17)15-27)21-11-23-20(10-24-21)16-5-2-1-3-6-16/h1-3,5-6,10-11,17-19H,4,7-9,12-15H2,(H,25,28). The number of fused-ring (bicyclic) bond motifs is 1. The summed E-state index contributed by atoms with van der Waals surface area (Å²) in [6.07, 6.45) is 6.05. The van der Waals surface area contributed by atoms with E-state index in [-0.39, 0.29) is 12.1 Å². The van der Waals surface area contributed by atoms with Crippen LogP contribution in [0.4, 0.5) is 10.6 Å². The van der Waals surface area contributed by atoms with Crippen molar-refractivity contribution in [2.45, 2.75) is 18.9 Å². The molecular formula is C22H27N5O2. The smallest absolute Gasteiger partial charge is 0.317 e. The van der Waals surface area contributed by atoms with Gasteiger partial charge in [0.05, 0.1) is 24.2 Å². The second kappa shape index (κ2) is 7.99. The van der Waals surface area contributed by atoms with Gasteiger partial charge in [0.1, 0.15) is 5.82 Å². The van der Waals surface area contributed by atoms with Crippen LogP contribution >= 0.6 is 0 Å². The molecule has 0 bridgehead atoms. The first-order chi connectivity index (χ1) is 14.3. The lowest BCUT2D eigenvalue weighted by Crippen LogP contribution is -2.43. The van der Waals surface area contributed by atoms with E-state index in [1.54, 1.807) is 0 Å². The van der Waals surface area contributed by atoms with E-state index < -0.39 is 0 Å². The molecule has 0 saturated carbocycles. The van der Waals surface area contributed by atoms with Gasteiger partial charge >= 0.3 is 6.03 Å². The van der Waals surface area contributed by atoms with Gasteiger partial charge in [0.15, 0.2) is 0 Å². The first-order valence-electron chi connectivity index (χ1n) is 10.5. The molecular weight excluding hydrogens is 366 g/mol. The number of carbonyl (C=O) groups is 1. The van der Waals surface area contributed by atoms with Crippen LogP contribution in [0, 0.1) is 11.8 Å². The van der Waals surface area contributed by atoms with Crippen LogP contribution in [0.5, 0.6) is 0 Å². The van der Waals surface area contributed by atoms with Crippen molar-refractivity contribution in [2.75, 3.05) is 44.2 Å². The molecule has 3 fully saturated rings. The SMILES string of the molecule is O=C(NCC1CCCO1)N1CC2CN(c3cnc(-c4ccccc4)cn3)CC2C1. The van der Waals surface area contributed by atoms with Crippen molar-refractivity contribution in [3.05, 3.63) is 42.7 Å². The Kier molecular flexibility index (Phi) is 5.06. The number of carbonyl (C=O) groups excluding carboxylic acids is 1. The van der Waals surface area contributed by atoms with Crippen LogP contribution in [-0.2, 0) is 4.74 Å². The van der Waals surface area contributed by atoms with E-state index in [2.05, 4.69) is 20.2 Å². The van der Waals surface area contributed by atoms with Gasteiger partial charge in [0, 0.05) is 56.7 Å². The van der Waals surface area contributed by atoms with Crippen LogP contribution in [-0.4, -0.2) is 66.3 Å². The molecule has 7 heteroatoms. The summed E-state index contributed by atoms with van der Waals surface area (Å²) in [7, 11) is 0. The summed E-state index contributed by atoms with van der Waals surface area (Å²) in [5, 5.41) is 3.05. The summed E-state index contributed by atoms with van der Waals surface area (Å²) in [5.41, 5.74) is 1.97. The number of aromatic nitrogens is 2. The molecule has 2 aromatic rings. The number of ether oxygens (including phenoxy) is 1. The van der Waals surface area contributed by atoms with E-state index in [9.17, 15) is 4.79 Å². The van der Waals surface area contributed by atoms with Crippen LogP contribution in [0.3, 0.4) is 0 Å². The summed E-state index contributed by atoms with van der Waals surface area (Å²) in [5.74, 6) is 1.92. The van der Waals surface area contributed by atoms with Crippen molar-refractivity contribution in [3.8, 4) is 11.3 Å². The Balaban J connectivity index is 1.14. The Morgan fingerprint density at radius 1 is 1.07 bits per heavy atom. The second-order valence-electron chi connectivity index (χ2n) is 8.28. The lowest BCUT2D eigenvalue weighted by Gasteiger charge is -2.23. The number of benzene rings is 1. The van der Waals surface area contributed by atoms with Crippen molar-refractivity contribution < 1.29 is 9.53 Å². The van der Waals surface area contributed by atoms with Crippen LogP contribution < -0.4 is 10.2 Å². The lowest BCUT2D eigenvalue weighted by atomic mass is 10.0. The number of hydrogen-bond donors (Lipinski definition) is 1. The molecule has 3 atom stereocenters. The van der Waals surface area contributed by atoms with Crippen molar-refractivity contribution >= 4 is 11.8 Å². The summed E-state index contributed by atoms with van der Waals surface area (Å²) >= 11 is 0. The van der Waals surface area contributed by atoms with E-state index >= 15 is 0 Å². The third kappa shape index (κ3) is 3.92. The highest BCUT2D eigenvalue weighted by atomic mass is 16.5. The van der Waals surface area contributed by atoms with Crippen molar-refractivity contribution in [2.24, 2.45) is 11.8 Å². The maximum absolute atomic E-state index is 12.5. The van der Waals surface area contributed by atoms with Gasteiger partial charge in [-0.05, 0) is 12.8 Å². The Bertz CT molecular complexity index is 824. The maximum Gasteiger partial charge on any atom is 0.317 e. The van der Waals surface area contributed by atoms with Gasteiger partial charge in [-0.15, -0.1) is 0 Å². The largest absolute Gasteiger partial charge is 0.376 e.